The van der Waals surface area contributed by atoms with Gasteiger partial charge in [-0.15, -0.1) is 0 Å². The number of carbonyl (C=O) groups is 1. The average Bonchev–Trinajstić information content (AvgIpc) is 3.30. The van der Waals surface area contributed by atoms with Gasteiger partial charge in [-0.05, 0) is 35.0 Å². The molecule has 0 aliphatic heterocycles. The Hall–Kier alpha value is -3.00. The predicted molar refractivity (Wildman–Crippen MR) is 111 cm³/mol. The number of benzene rings is 1. The molecule has 8 heteroatoms. The number of rotatable bonds is 5. The maximum atomic E-state index is 13.0. The first kappa shape index (κ1) is 18.4. The number of halogens is 1. The molecule has 4 rings (SSSR count). The van der Waals surface area contributed by atoms with Crippen molar-refractivity contribution in [2.24, 2.45) is 7.05 Å². The number of fused-ring (bicyclic) bond motifs is 1. The Morgan fingerprint density at radius 1 is 1.21 bits per heavy atom. The van der Waals surface area contributed by atoms with E-state index in [0.717, 1.165) is 38.9 Å². The maximum Gasteiger partial charge on any atom is 0.252 e. The van der Waals surface area contributed by atoms with Crippen LogP contribution in [0.4, 0.5) is 0 Å². The van der Waals surface area contributed by atoms with Crippen molar-refractivity contribution in [3.05, 3.63) is 64.7 Å². The molecule has 0 unspecified atom stereocenters. The summed E-state index contributed by atoms with van der Waals surface area (Å²) in [5, 5.41) is 12.3. The van der Waals surface area contributed by atoms with Crippen molar-refractivity contribution in [3.8, 4) is 11.3 Å². The van der Waals surface area contributed by atoms with Gasteiger partial charge in [0, 0.05) is 30.7 Å². The second-order valence-electron chi connectivity index (χ2n) is 6.41. The van der Waals surface area contributed by atoms with Gasteiger partial charge >= 0.3 is 0 Å². The van der Waals surface area contributed by atoms with Gasteiger partial charge < -0.3 is 5.32 Å². The van der Waals surface area contributed by atoms with Crippen molar-refractivity contribution in [1.82, 2.24) is 29.9 Å². The summed E-state index contributed by atoms with van der Waals surface area (Å²) in [6.45, 7) is 3.13. The molecule has 28 heavy (non-hydrogen) atoms. The zero-order chi connectivity index (χ0) is 19.7. The zero-order valence-corrected chi connectivity index (χ0v) is 17.1. The fourth-order valence-electron chi connectivity index (χ4n) is 3.16. The number of carbonyl (C=O) groups excluding carboxylic acids is 1. The van der Waals surface area contributed by atoms with Gasteiger partial charge in [0.2, 0.25) is 0 Å². The van der Waals surface area contributed by atoms with Crippen molar-refractivity contribution < 1.29 is 4.79 Å². The van der Waals surface area contributed by atoms with E-state index in [9.17, 15) is 4.79 Å². The molecule has 0 aliphatic rings. The van der Waals surface area contributed by atoms with E-state index in [1.54, 1.807) is 17.1 Å². The van der Waals surface area contributed by atoms with Crippen LogP contribution in [0.1, 0.15) is 23.0 Å². The van der Waals surface area contributed by atoms with Gasteiger partial charge in [0.05, 0.1) is 45.9 Å². The third-order valence-corrected chi connectivity index (χ3v) is 5.24. The quantitative estimate of drug-likeness (QED) is 0.516. The number of hydrogen-bond donors (Lipinski definition) is 1. The fourth-order valence-corrected chi connectivity index (χ4v) is 3.60. The maximum absolute atomic E-state index is 13.0. The predicted octanol–water partition coefficient (Wildman–Crippen LogP) is 3.54. The minimum absolute atomic E-state index is 0.153. The molecule has 4 aromatic rings. The molecule has 0 atom stereocenters. The molecular formula is C20H19BrN6O. The van der Waals surface area contributed by atoms with E-state index in [2.05, 4.69) is 31.4 Å². The van der Waals surface area contributed by atoms with Crippen LogP contribution < -0.4 is 5.32 Å². The van der Waals surface area contributed by atoms with Crippen LogP contribution in [0.3, 0.4) is 0 Å². The number of nitrogens with one attached hydrogen (secondary N) is 1. The summed E-state index contributed by atoms with van der Waals surface area (Å²) in [4.78, 5) is 17.7. The van der Waals surface area contributed by atoms with Gasteiger partial charge in [0.15, 0.2) is 0 Å². The third kappa shape index (κ3) is 3.43. The first-order valence-corrected chi connectivity index (χ1v) is 9.73. The first-order chi connectivity index (χ1) is 13.6. The topological polar surface area (TPSA) is 77.6 Å². The zero-order valence-electron chi connectivity index (χ0n) is 15.6. The van der Waals surface area contributed by atoms with Crippen LogP contribution in [0.25, 0.3) is 22.2 Å². The number of aromatic nitrogens is 5. The molecule has 142 valence electrons. The molecule has 1 amide bonds. The molecule has 0 radical (unpaired) electrons. The molecule has 0 saturated carbocycles. The third-order valence-electron chi connectivity index (χ3n) is 4.58. The summed E-state index contributed by atoms with van der Waals surface area (Å²) in [5.41, 5.74) is 3.88. The number of para-hydroxylation sites is 1. The lowest BCUT2D eigenvalue weighted by Crippen LogP contribution is -2.25. The van der Waals surface area contributed by atoms with Crippen LogP contribution in [-0.2, 0) is 20.1 Å². The molecule has 0 aliphatic carbocycles. The van der Waals surface area contributed by atoms with Gasteiger partial charge in [-0.2, -0.15) is 10.2 Å². The van der Waals surface area contributed by atoms with Crippen LogP contribution in [-0.4, -0.2) is 30.5 Å². The SMILES string of the molecule is CCn1ncc(Br)c1CNC(=O)c1cc(-c2cnn(C)c2)nc2ccccc12. The van der Waals surface area contributed by atoms with Crippen LogP contribution in [0, 0.1) is 0 Å². The number of aryl methyl sites for hydroxylation is 2. The molecule has 3 aromatic heterocycles. The second kappa shape index (κ2) is 7.55. The number of amides is 1. The molecule has 0 spiro atoms. The Morgan fingerprint density at radius 3 is 2.79 bits per heavy atom. The van der Waals surface area contributed by atoms with E-state index in [1.807, 2.05) is 55.2 Å². The minimum Gasteiger partial charge on any atom is -0.346 e. The van der Waals surface area contributed by atoms with Gasteiger partial charge in [0.25, 0.3) is 5.91 Å². The minimum atomic E-state index is -0.153. The lowest BCUT2D eigenvalue weighted by atomic mass is 10.0. The van der Waals surface area contributed by atoms with Crippen LogP contribution in [0.5, 0.6) is 0 Å². The average molecular weight is 439 g/mol. The van der Waals surface area contributed by atoms with Gasteiger partial charge in [-0.25, -0.2) is 4.98 Å². The largest absolute Gasteiger partial charge is 0.346 e. The smallest absolute Gasteiger partial charge is 0.252 e. The highest BCUT2D eigenvalue weighted by molar-refractivity contribution is 9.10. The molecule has 7 nitrogen and oxygen atoms in total. The van der Waals surface area contributed by atoms with Crippen LogP contribution >= 0.6 is 15.9 Å². The lowest BCUT2D eigenvalue weighted by Gasteiger charge is -2.11. The Balaban J connectivity index is 1.70. The summed E-state index contributed by atoms with van der Waals surface area (Å²) >= 11 is 3.49. The summed E-state index contributed by atoms with van der Waals surface area (Å²) in [7, 11) is 1.85. The lowest BCUT2D eigenvalue weighted by molar-refractivity contribution is 0.0951. The van der Waals surface area contributed by atoms with E-state index >= 15 is 0 Å². The van der Waals surface area contributed by atoms with Gasteiger partial charge in [0.1, 0.15) is 0 Å². The summed E-state index contributed by atoms with van der Waals surface area (Å²) < 4.78 is 4.45. The van der Waals surface area contributed by atoms with Crippen molar-refractivity contribution in [1.29, 1.82) is 0 Å². The molecule has 0 fully saturated rings. The number of hydrogen-bond acceptors (Lipinski definition) is 4. The van der Waals surface area contributed by atoms with Gasteiger partial charge in [-0.3, -0.25) is 14.2 Å². The monoisotopic (exact) mass is 438 g/mol. The summed E-state index contributed by atoms with van der Waals surface area (Å²) in [6.07, 6.45) is 5.37. The normalized spacial score (nSPS) is 11.1. The van der Waals surface area contributed by atoms with E-state index in [1.165, 1.54) is 0 Å². The van der Waals surface area contributed by atoms with E-state index in [0.29, 0.717) is 12.1 Å². The van der Waals surface area contributed by atoms with E-state index in [4.69, 9.17) is 4.98 Å². The first-order valence-electron chi connectivity index (χ1n) is 8.94. The Kier molecular flexibility index (Phi) is 4.95. The molecule has 0 saturated heterocycles. The van der Waals surface area contributed by atoms with E-state index < -0.39 is 0 Å². The van der Waals surface area contributed by atoms with Crippen molar-refractivity contribution >= 4 is 32.7 Å². The highest BCUT2D eigenvalue weighted by Crippen LogP contribution is 2.25. The highest BCUT2D eigenvalue weighted by Gasteiger charge is 2.16. The molecule has 1 N–H and O–H groups in total. The molecule has 0 bridgehead atoms. The Labute approximate surface area is 170 Å². The van der Waals surface area contributed by atoms with Crippen molar-refractivity contribution in [2.75, 3.05) is 0 Å². The van der Waals surface area contributed by atoms with Crippen molar-refractivity contribution in [2.45, 2.75) is 20.0 Å². The highest BCUT2D eigenvalue weighted by atomic mass is 79.9. The molecule has 3 heterocycles. The van der Waals surface area contributed by atoms with E-state index in [-0.39, 0.29) is 5.91 Å². The molecular weight excluding hydrogens is 420 g/mol. The summed E-state index contributed by atoms with van der Waals surface area (Å²) in [5.74, 6) is -0.153. The number of nitrogens with zero attached hydrogens (tertiary/aromatic N) is 5. The van der Waals surface area contributed by atoms with Crippen LogP contribution in [0.15, 0.2) is 53.4 Å². The Morgan fingerprint density at radius 2 is 2.04 bits per heavy atom. The van der Waals surface area contributed by atoms with Crippen molar-refractivity contribution in [3.63, 3.8) is 0 Å². The molecule has 1 aromatic carbocycles. The van der Waals surface area contributed by atoms with Crippen LogP contribution in [0.2, 0.25) is 0 Å². The second-order valence-corrected chi connectivity index (χ2v) is 7.27. The van der Waals surface area contributed by atoms with Gasteiger partial charge in [-0.1, -0.05) is 18.2 Å². The summed E-state index contributed by atoms with van der Waals surface area (Å²) in [6, 6.07) is 9.47. The number of pyridine rings is 1. The fraction of sp³-hybridized carbons (Fsp3) is 0.200. The Bertz CT molecular complexity index is 1160. The standard InChI is InChI=1S/C20H19BrN6O/c1-3-27-19(16(21)10-24-27)11-22-20(28)15-8-18(13-9-23-26(2)12-13)25-17-7-5-4-6-14(15)17/h4-10,12H,3,11H2,1-2H3,(H,22,28).